The second kappa shape index (κ2) is 19.1. The first-order chi connectivity index (χ1) is 23.4. The minimum Gasteiger partial charge on any atom is -0.493 e. The van der Waals surface area contributed by atoms with Crippen molar-refractivity contribution < 1.29 is 23.7 Å². The van der Waals surface area contributed by atoms with Crippen LogP contribution in [-0.4, -0.2) is 84.9 Å². The Bertz CT molecular complexity index is 1560. The number of methoxy groups -OCH3 is 1. The maximum atomic E-state index is 12.0. The van der Waals surface area contributed by atoms with Gasteiger partial charge >= 0.3 is 5.97 Å². The summed E-state index contributed by atoms with van der Waals surface area (Å²) in [5, 5.41) is 0. The van der Waals surface area contributed by atoms with Crippen molar-refractivity contribution in [2.24, 2.45) is 0 Å². The molecule has 0 aliphatic rings. The van der Waals surface area contributed by atoms with E-state index in [2.05, 4.69) is 55.1 Å². The maximum absolute atomic E-state index is 12.0. The Labute approximate surface area is 286 Å². The standard InChI is InChI=1S/C39H54N4O5/c1-7-12-24-43-35-28-34(46-25-14-22-41(8-2)9-3)29-36(47-26-15-23-42(10-4)11-5)37(35)40-38(43)30-18-20-32(21-19-30)48-33-17-13-16-31(27-33)39(44)45-6/h13,16-21,27-29H,7-12,14-15,22-26H2,1-6H3. The first-order valence-corrected chi connectivity index (χ1v) is 17.7. The third-order valence-corrected chi connectivity index (χ3v) is 8.68. The number of esters is 1. The lowest BCUT2D eigenvalue weighted by atomic mass is 10.2. The van der Waals surface area contributed by atoms with Crippen molar-refractivity contribution in [3.63, 3.8) is 0 Å². The monoisotopic (exact) mass is 658 g/mol. The molecule has 0 aliphatic carbocycles. The number of aryl methyl sites for hydroxylation is 1. The number of rotatable bonds is 21. The van der Waals surface area contributed by atoms with Crippen LogP contribution in [0.2, 0.25) is 0 Å². The Morgan fingerprint density at radius 2 is 1.42 bits per heavy atom. The molecule has 1 heterocycles. The van der Waals surface area contributed by atoms with Gasteiger partial charge in [0.15, 0.2) is 5.75 Å². The van der Waals surface area contributed by atoms with E-state index >= 15 is 0 Å². The third-order valence-electron chi connectivity index (χ3n) is 8.68. The molecule has 0 saturated heterocycles. The number of aromatic nitrogens is 2. The summed E-state index contributed by atoms with van der Waals surface area (Å²) in [5.74, 6) is 3.27. The zero-order valence-electron chi connectivity index (χ0n) is 29.8. The van der Waals surface area contributed by atoms with E-state index in [9.17, 15) is 4.79 Å². The van der Waals surface area contributed by atoms with Crippen LogP contribution in [0.15, 0.2) is 60.7 Å². The Morgan fingerprint density at radius 3 is 2.04 bits per heavy atom. The van der Waals surface area contributed by atoms with Crippen molar-refractivity contribution in [1.29, 1.82) is 0 Å². The zero-order valence-corrected chi connectivity index (χ0v) is 29.8. The van der Waals surface area contributed by atoms with E-state index < -0.39 is 5.97 Å². The molecule has 0 amide bonds. The largest absolute Gasteiger partial charge is 0.493 e. The molecule has 4 rings (SSSR count). The highest BCUT2D eigenvalue weighted by Crippen LogP contribution is 2.36. The highest BCUT2D eigenvalue weighted by Gasteiger charge is 2.19. The number of benzene rings is 3. The second-order valence-electron chi connectivity index (χ2n) is 11.8. The number of unbranched alkanes of at least 4 members (excludes halogenated alkanes) is 1. The molecule has 9 nitrogen and oxygen atoms in total. The fourth-order valence-electron chi connectivity index (χ4n) is 5.76. The van der Waals surface area contributed by atoms with Gasteiger partial charge in [-0.15, -0.1) is 0 Å². The van der Waals surface area contributed by atoms with Gasteiger partial charge in [-0.2, -0.15) is 0 Å². The summed E-state index contributed by atoms with van der Waals surface area (Å²) in [5.41, 5.74) is 3.28. The molecule has 48 heavy (non-hydrogen) atoms. The van der Waals surface area contributed by atoms with E-state index in [0.29, 0.717) is 30.3 Å². The minimum absolute atomic E-state index is 0.401. The van der Waals surface area contributed by atoms with Crippen molar-refractivity contribution in [3.05, 3.63) is 66.2 Å². The van der Waals surface area contributed by atoms with E-state index in [0.717, 1.165) is 105 Å². The summed E-state index contributed by atoms with van der Waals surface area (Å²) in [4.78, 5) is 22.0. The molecule has 9 heteroatoms. The molecule has 0 aliphatic heterocycles. The number of imidazole rings is 1. The first kappa shape index (κ1) is 36.8. The minimum atomic E-state index is -0.401. The van der Waals surface area contributed by atoms with Gasteiger partial charge in [-0.1, -0.05) is 47.1 Å². The molecular formula is C39H54N4O5. The third kappa shape index (κ3) is 9.97. The Hall–Kier alpha value is -4.08. The van der Waals surface area contributed by atoms with Gasteiger partial charge in [0.25, 0.3) is 0 Å². The van der Waals surface area contributed by atoms with Gasteiger partial charge in [-0.05, 0) is 87.9 Å². The fourth-order valence-corrected chi connectivity index (χ4v) is 5.76. The highest BCUT2D eigenvalue weighted by atomic mass is 16.5. The molecular weight excluding hydrogens is 604 g/mol. The smallest absolute Gasteiger partial charge is 0.337 e. The van der Waals surface area contributed by atoms with Crippen LogP contribution in [0, 0.1) is 0 Å². The highest BCUT2D eigenvalue weighted by molar-refractivity contribution is 5.90. The number of fused-ring (bicyclic) bond motifs is 1. The van der Waals surface area contributed by atoms with Crippen LogP contribution >= 0.6 is 0 Å². The van der Waals surface area contributed by atoms with Crippen LogP contribution in [0.25, 0.3) is 22.4 Å². The van der Waals surface area contributed by atoms with Crippen LogP contribution in [0.5, 0.6) is 23.0 Å². The Morgan fingerprint density at radius 1 is 0.750 bits per heavy atom. The van der Waals surface area contributed by atoms with Crippen molar-refractivity contribution in [2.75, 3.05) is 59.6 Å². The van der Waals surface area contributed by atoms with Gasteiger partial charge in [0, 0.05) is 37.3 Å². The van der Waals surface area contributed by atoms with Crippen LogP contribution in [-0.2, 0) is 11.3 Å². The van der Waals surface area contributed by atoms with Gasteiger partial charge in [-0.3, -0.25) is 0 Å². The maximum Gasteiger partial charge on any atom is 0.337 e. The molecule has 0 fully saturated rings. The van der Waals surface area contributed by atoms with Crippen LogP contribution in [0.1, 0.15) is 70.7 Å². The molecule has 0 N–H and O–H groups in total. The van der Waals surface area contributed by atoms with Crippen molar-refractivity contribution in [2.45, 2.75) is 66.8 Å². The second-order valence-corrected chi connectivity index (χ2v) is 11.8. The number of ether oxygens (including phenoxy) is 4. The average Bonchev–Trinajstić information content (AvgIpc) is 3.49. The molecule has 0 spiro atoms. The van der Waals surface area contributed by atoms with Gasteiger partial charge in [0.05, 0.1) is 31.4 Å². The van der Waals surface area contributed by atoms with Crippen LogP contribution in [0.3, 0.4) is 0 Å². The molecule has 4 aromatic rings. The summed E-state index contributed by atoms with van der Waals surface area (Å²) in [7, 11) is 1.37. The Balaban J connectivity index is 1.63. The topological polar surface area (TPSA) is 78.3 Å². The number of carbonyl (C=O) groups excluding carboxylic acids is 1. The quantitative estimate of drug-likeness (QED) is 0.0654. The predicted molar refractivity (Wildman–Crippen MR) is 194 cm³/mol. The van der Waals surface area contributed by atoms with Crippen LogP contribution in [0.4, 0.5) is 0 Å². The molecule has 0 saturated carbocycles. The van der Waals surface area contributed by atoms with Gasteiger partial charge < -0.3 is 33.3 Å². The summed E-state index contributed by atoms with van der Waals surface area (Å²) < 4.78 is 26.0. The van der Waals surface area contributed by atoms with Crippen LogP contribution < -0.4 is 14.2 Å². The van der Waals surface area contributed by atoms with E-state index in [4.69, 9.17) is 23.9 Å². The molecule has 260 valence electrons. The lowest BCUT2D eigenvalue weighted by Gasteiger charge is -2.18. The lowest BCUT2D eigenvalue weighted by molar-refractivity contribution is 0.0600. The first-order valence-electron chi connectivity index (χ1n) is 17.7. The van der Waals surface area contributed by atoms with E-state index in [1.54, 1.807) is 18.2 Å². The summed E-state index contributed by atoms with van der Waals surface area (Å²) in [6.45, 7) is 19.2. The van der Waals surface area contributed by atoms with Gasteiger partial charge in [-0.25, -0.2) is 9.78 Å². The molecule has 0 unspecified atom stereocenters. The van der Waals surface area contributed by atoms with E-state index in [1.165, 1.54) is 7.11 Å². The van der Waals surface area contributed by atoms with E-state index in [-0.39, 0.29) is 0 Å². The van der Waals surface area contributed by atoms with Crippen molar-refractivity contribution >= 4 is 17.0 Å². The van der Waals surface area contributed by atoms with Crippen molar-refractivity contribution in [1.82, 2.24) is 19.4 Å². The number of carbonyl (C=O) groups is 1. The fraction of sp³-hybridized carbons (Fsp3) is 0.487. The molecule has 1 aromatic heterocycles. The number of hydrogen-bond acceptors (Lipinski definition) is 8. The van der Waals surface area contributed by atoms with Crippen molar-refractivity contribution in [3.8, 4) is 34.4 Å². The number of nitrogens with zero attached hydrogens (tertiary/aromatic N) is 4. The molecule has 3 aromatic carbocycles. The van der Waals surface area contributed by atoms with E-state index in [1.807, 2.05) is 36.4 Å². The van der Waals surface area contributed by atoms with Gasteiger partial charge in [0.2, 0.25) is 0 Å². The summed E-state index contributed by atoms with van der Waals surface area (Å²) >= 11 is 0. The predicted octanol–water partition coefficient (Wildman–Crippen LogP) is 8.30. The zero-order chi connectivity index (χ0) is 34.3. The SMILES string of the molecule is CCCCn1c(-c2ccc(Oc3cccc(C(=O)OC)c3)cc2)nc2c(OCCCN(CC)CC)cc(OCCCN(CC)CC)cc21. The average molecular weight is 659 g/mol. The lowest BCUT2D eigenvalue weighted by Crippen LogP contribution is -2.25. The summed E-state index contributed by atoms with van der Waals surface area (Å²) in [6, 6.07) is 19.0. The summed E-state index contributed by atoms with van der Waals surface area (Å²) in [6.07, 6.45) is 3.98. The molecule has 0 bridgehead atoms. The normalized spacial score (nSPS) is 11.4. The molecule has 0 radical (unpaired) electrons. The van der Waals surface area contributed by atoms with Gasteiger partial charge in [0.1, 0.15) is 28.6 Å². The number of hydrogen-bond donors (Lipinski definition) is 0. The Kier molecular flexibility index (Phi) is 14.6. The molecule has 0 atom stereocenters.